The fourth-order valence-corrected chi connectivity index (χ4v) is 5.21. The summed E-state index contributed by atoms with van der Waals surface area (Å²) in [7, 11) is 0. The van der Waals surface area contributed by atoms with Crippen molar-refractivity contribution in [2.24, 2.45) is 0 Å². The maximum absolute atomic E-state index is 12.9. The van der Waals surface area contributed by atoms with Crippen LogP contribution >= 0.6 is 46.0 Å². The van der Waals surface area contributed by atoms with Crippen LogP contribution in [0.25, 0.3) is 6.08 Å². The molecule has 0 aliphatic carbocycles. The van der Waals surface area contributed by atoms with E-state index in [2.05, 4.69) is 27.9 Å². The summed E-state index contributed by atoms with van der Waals surface area (Å²) in [5.74, 6) is 0.135. The Morgan fingerprint density at radius 1 is 1.08 bits per heavy atom. The van der Waals surface area contributed by atoms with Crippen LogP contribution in [0.1, 0.15) is 18.1 Å². The number of thioether (sulfide) groups is 1. The first-order chi connectivity index (χ1) is 17.8. The summed E-state index contributed by atoms with van der Waals surface area (Å²) in [4.78, 5) is 39.0. The van der Waals surface area contributed by atoms with E-state index in [4.69, 9.17) is 21.1 Å². The van der Waals surface area contributed by atoms with E-state index in [0.717, 1.165) is 25.8 Å². The number of hydrogen-bond donors (Lipinski definition) is 1. The summed E-state index contributed by atoms with van der Waals surface area (Å²) in [6.45, 7) is 2.25. The van der Waals surface area contributed by atoms with Gasteiger partial charge in [0.2, 0.25) is 5.91 Å². The molecule has 0 atom stereocenters. The largest absolute Gasteiger partial charge is 0.490 e. The third-order valence-electron chi connectivity index (χ3n) is 5.16. The zero-order valence-electron chi connectivity index (χ0n) is 19.7. The first-order valence-electron chi connectivity index (χ1n) is 11.3. The van der Waals surface area contributed by atoms with Gasteiger partial charge in [-0.25, -0.2) is 0 Å². The van der Waals surface area contributed by atoms with Gasteiger partial charge in [-0.3, -0.25) is 19.3 Å². The molecule has 1 heterocycles. The van der Waals surface area contributed by atoms with Gasteiger partial charge in [-0.05, 0) is 94.9 Å². The predicted molar refractivity (Wildman–Crippen MR) is 154 cm³/mol. The molecule has 1 N–H and O–H groups in total. The Labute approximate surface area is 237 Å². The number of anilines is 1. The number of imide groups is 1. The van der Waals surface area contributed by atoms with Crippen molar-refractivity contribution < 1.29 is 23.9 Å². The standard InChI is InChI=1S/C27H22ClIN2O5S/c1-2-35-22-13-18(12-21(29)25(22)36-16-17-8-10-19(28)11-9-17)14-23-26(33)31(27(34)37-23)15-24(32)30-20-6-4-3-5-7-20/h3-14H,2,15-16H2,1H3,(H,30,32)/b23-14+. The predicted octanol–water partition coefficient (Wildman–Crippen LogP) is 6.60. The molecule has 3 aromatic carbocycles. The van der Waals surface area contributed by atoms with Gasteiger partial charge >= 0.3 is 0 Å². The number of nitrogens with zero attached hydrogens (tertiary/aromatic N) is 1. The van der Waals surface area contributed by atoms with E-state index < -0.39 is 17.1 Å². The lowest BCUT2D eigenvalue weighted by Crippen LogP contribution is -2.36. The molecule has 0 spiro atoms. The van der Waals surface area contributed by atoms with Gasteiger partial charge in [0.15, 0.2) is 11.5 Å². The lowest BCUT2D eigenvalue weighted by Gasteiger charge is -2.15. The van der Waals surface area contributed by atoms with E-state index in [1.165, 1.54) is 0 Å². The molecule has 7 nitrogen and oxygen atoms in total. The number of nitrogens with one attached hydrogen (secondary N) is 1. The molecule has 0 radical (unpaired) electrons. The Balaban J connectivity index is 1.49. The summed E-state index contributed by atoms with van der Waals surface area (Å²) in [6, 6.07) is 19.8. The highest BCUT2D eigenvalue weighted by Gasteiger charge is 2.36. The molecule has 0 saturated carbocycles. The van der Waals surface area contributed by atoms with Crippen LogP contribution in [0.4, 0.5) is 10.5 Å². The quantitative estimate of drug-likeness (QED) is 0.208. The molecule has 1 aliphatic rings. The van der Waals surface area contributed by atoms with Crippen molar-refractivity contribution in [3.63, 3.8) is 0 Å². The lowest BCUT2D eigenvalue weighted by molar-refractivity contribution is -0.127. The highest BCUT2D eigenvalue weighted by Crippen LogP contribution is 2.38. The van der Waals surface area contributed by atoms with Crippen LogP contribution in [-0.4, -0.2) is 35.1 Å². The Bertz CT molecular complexity index is 1350. The molecule has 4 rings (SSSR count). The van der Waals surface area contributed by atoms with E-state index in [0.29, 0.717) is 41.0 Å². The van der Waals surface area contributed by atoms with E-state index in [-0.39, 0.29) is 11.4 Å². The van der Waals surface area contributed by atoms with E-state index in [1.807, 2.05) is 31.2 Å². The molecular weight excluding hydrogens is 627 g/mol. The van der Waals surface area contributed by atoms with Gasteiger partial charge in [-0.15, -0.1) is 0 Å². The van der Waals surface area contributed by atoms with Gasteiger partial charge in [0.1, 0.15) is 13.2 Å². The minimum absolute atomic E-state index is 0.227. The second kappa shape index (κ2) is 12.5. The maximum atomic E-state index is 12.9. The van der Waals surface area contributed by atoms with Crippen molar-refractivity contribution in [3.05, 3.63) is 91.4 Å². The SMILES string of the molecule is CCOc1cc(/C=C2/SC(=O)N(CC(=O)Nc3ccccc3)C2=O)cc(I)c1OCc1ccc(Cl)cc1. The average molecular weight is 649 g/mol. The summed E-state index contributed by atoms with van der Waals surface area (Å²) in [6.07, 6.45) is 1.62. The minimum atomic E-state index is -0.519. The molecule has 0 unspecified atom stereocenters. The third-order valence-corrected chi connectivity index (χ3v) is 7.12. The minimum Gasteiger partial charge on any atom is -0.490 e. The maximum Gasteiger partial charge on any atom is 0.294 e. The Hall–Kier alpha value is -3.02. The number of benzene rings is 3. The second-order valence-electron chi connectivity index (χ2n) is 7.86. The number of para-hydroxylation sites is 1. The zero-order valence-corrected chi connectivity index (χ0v) is 23.4. The molecule has 1 saturated heterocycles. The highest BCUT2D eigenvalue weighted by molar-refractivity contribution is 14.1. The number of rotatable bonds is 9. The summed E-state index contributed by atoms with van der Waals surface area (Å²) in [5.41, 5.74) is 2.22. The van der Waals surface area contributed by atoms with Gasteiger partial charge in [0, 0.05) is 10.7 Å². The molecule has 0 aromatic heterocycles. The van der Waals surface area contributed by atoms with Crippen molar-refractivity contribution >= 4 is 74.8 Å². The first-order valence-corrected chi connectivity index (χ1v) is 13.5. The van der Waals surface area contributed by atoms with Crippen LogP contribution in [0.5, 0.6) is 11.5 Å². The number of carbonyl (C=O) groups is 3. The Morgan fingerprint density at radius 2 is 1.81 bits per heavy atom. The van der Waals surface area contributed by atoms with Crippen molar-refractivity contribution in [1.82, 2.24) is 4.90 Å². The number of halogens is 2. The smallest absolute Gasteiger partial charge is 0.294 e. The average Bonchev–Trinajstić information content (AvgIpc) is 3.12. The Kier molecular flexibility index (Phi) is 9.12. The molecule has 10 heteroatoms. The van der Waals surface area contributed by atoms with Crippen molar-refractivity contribution in [2.45, 2.75) is 13.5 Å². The molecule has 1 aliphatic heterocycles. The van der Waals surface area contributed by atoms with Crippen LogP contribution in [0.15, 0.2) is 71.6 Å². The van der Waals surface area contributed by atoms with Gasteiger partial charge in [0.05, 0.1) is 15.1 Å². The van der Waals surface area contributed by atoms with Crippen LogP contribution in [0.2, 0.25) is 5.02 Å². The van der Waals surface area contributed by atoms with Gasteiger partial charge < -0.3 is 14.8 Å². The van der Waals surface area contributed by atoms with Crippen LogP contribution in [0, 0.1) is 3.57 Å². The van der Waals surface area contributed by atoms with Crippen molar-refractivity contribution in [1.29, 1.82) is 0 Å². The van der Waals surface area contributed by atoms with Crippen LogP contribution < -0.4 is 14.8 Å². The fraction of sp³-hybridized carbons (Fsp3) is 0.148. The van der Waals surface area contributed by atoms with Crippen molar-refractivity contribution in [2.75, 3.05) is 18.5 Å². The van der Waals surface area contributed by atoms with Gasteiger partial charge in [0.25, 0.3) is 11.1 Å². The molecule has 3 amide bonds. The highest BCUT2D eigenvalue weighted by atomic mass is 127. The van der Waals surface area contributed by atoms with E-state index in [1.54, 1.807) is 48.5 Å². The summed E-state index contributed by atoms with van der Waals surface area (Å²) >= 11 is 8.90. The van der Waals surface area contributed by atoms with Crippen molar-refractivity contribution in [3.8, 4) is 11.5 Å². The molecule has 190 valence electrons. The summed E-state index contributed by atoms with van der Waals surface area (Å²) < 4.78 is 12.6. The lowest BCUT2D eigenvalue weighted by atomic mass is 10.1. The third kappa shape index (κ3) is 7.06. The molecule has 1 fully saturated rings. The molecule has 37 heavy (non-hydrogen) atoms. The topological polar surface area (TPSA) is 84.9 Å². The van der Waals surface area contributed by atoms with Crippen LogP contribution in [0.3, 0.4) is 0 Å². The monoisotopic (exact) mass is 648 g/mol. The number of hydrogen-bond acceptors (Lipinski definition) is 6. The zero-order chi connectivity index (χ0) is 26.4. The Morgan fingerprint density at radius 3 is 2.51 bits per heavy atom. The van der Waals surface area contributed by atoms with E-state index >= 15 is 0 Å². The number of ether oxygens (including phenoxy) is 2. The summed E-state index contributed by atoms with van der Waals surface area (Å²) in [5, 5.41) is 2.84. The number of carbonyl (C=O) groups excluding carboxylic acids is 3. The normalized spacial score (nSPS) is 14.2. The van der Waals surface area contributed by atoms with Gasteiger partial charge in [-0.2, -0.15) is 0 Å². The second-order valence-corrected chi connectivity index (χ2v) is 10.5. The van der Waals surface area contributed by atoms with E-state index in [9.17, 15) is 14.4 Å². The van der Waals surface area contributed by atoms with Gasteiger partial charge in [-0.1, -0.05) is 41.9 Å². The molecular formula is C27H22ClIN2O5S. The first kappa shape index (κ1) is 27.0. The molecule has 0 bridgehead atoms. The fourth-order valence-electron chi connectivity index (χ4n) is 3.46. The number of amides is 3. The molecule has 3 aromatic rings. The van der Waals surface area contributed by atoms with Crippen LogP contribution in [-0.2, 0) is 16.2 Å².